The smallest absolute Gasteiger partial charge is 0.143 e. The highest BCUT2D eigenvalue weighted by Gasteiger charge is 2.26. The van der Waals surface area contributed by atoms with E-state index in [9.17, 15) is 0 Å². The van der Waals surface area contributed by atoms with Crippen LogP contribution in [0.3, 0.4) is 0 Å². The number of furan rings is 5. The molecule has 6 aromatic heterocycles. The quantitative estimate of drug-likeness (QED) is 0.101. The number of para-hydroxylation sites is 12. The first-order valence-electron chi connectivity index (χ1n) is 45.5. The fourth-order valence-electron chi connectivity index (χ4n) is 19.6. The summed E-state index contributed by atoms with van der Waals surface area (Å²) in [5, 5.41) is 13.7. The number of rotatable bonds is 15. The molecule has 0 radical (unpaired) electrons. The van der Waals surface area contributed by atoms with E-state index in [0.717, 1.165) is 217 Å². The second kappa shape index (κ2) is 33.9. The van der Waals surface area contributed by atoms with Crippen LogP contribution in [0.5, 0.6) is 0 Å². The van der Waals surface area contributed by atoms with Gasteiger partial charge in [0.25, 0.3) is 0 Å². The molecule has 0 spiro atoms. The molecule has 0 saturated heterocycles. The van der Waals surface area contributed by atoms with Crippen LogP contribution in [0.2, 0.25) is 0 Å². The van der Waals surface area contributed by atoms with Crippen LogP contribution in [-0.2, 0) is 0 Å². The van der Waals surface area contributed by atoms with Crippen LogP contribution < -0.4 is 14.7 Å². The number of thiophene rings is 1. The Morgan fingerprint density at radius 2 is 0.400 bits per heavy atom. The number of benzene rings is 21. The lowest BCUT2D eigenvalue weighted by Crippen LogP contribution is -2.09. The lowest BCUT2D eigenvalue weighted by Gasteiger charge is -2.25. The minimum Gasteiger partial charge on any atom is -0.456 e. The van der Waals surface area contributed by atoms with Crippen LogP contribution in [0.25, 0.3) is 197 Å². The summed E-state index contributed by atoms with van der Waals surface area (Å²) in [6, 6.07) is 173. The molecule has 0 saturated carbocycles. The summed E-state index contributed by atoms with van der Waals surface area (Å²) in [4.78, 5) is 6.86. The van der Waals surface area contributed by atoms with Gasteiger partial charge in [0.2, 0.25) is 0 Å². The fourth-order valence-corrected chi connectivity index (χ4v) is 20.9. The lowest BCUT2D eigenvalue weighted by atomic mass is 9.94. The van der Waals surface area contributed by atoms with E-state index in [2.05, 4.69) is 451 Å². The van der Waals surface area contributed by atoms with E-state index in [4.69, 9.17) is 22.1 Å². The van der Waals surface area contributed by atoms with E-state index in [1.807, 2.05) is 65.9 Å². The maximum absolute atomic E-state index is 6.60. The highest BCUT2D eigenvalue weighted by Crippen LogP contribution is 2.50. The van der Waals surface area contributed by atoms with Gasteiger partial charge in [0.1, 0.15) is 55.8 Å². The molecule has 6 heterocycles. The van der Waals surface area contributed by atoms with Gasteiger partial charge in [0, 0.05) is 153 Å². The molecule has 0 aliphatic rings. The first-order valence-corrected chi connectivity index (χ1v) is 46.4. The normalized spacial score (nSPS) is 11.6. The summed E-state index contributed by atoms with van der Waals surface area (Å²) in [7, 11) is 0. The third kappa shape index (κ3) is 14.5. The van der Waals surface area contributed by atoms with Gasteiger partial charge in [-0.2, -0.15) is 0 Å². The first-order chi connectivity index (χ1) is 66.9. The highest BCUT2D eigenvalue weighted by atomic mass is 32.1. The summed E-state index contributed by atoms with van der Waals surface area (Å²) in [5.74, 6) is 0. The molecule has 8 nitrogen and oxygen atoms in total. The van der Waals surface area contributed by atoms with Crippen LogP contribution in [-0.4, -0.2) is 0 Å². The van der Waals surface area contributed by atoms with Crippen molar-refractivity contribution >= 4 is 192 Å². The fraction of sp³-hybridized carbons (Fsp3) is 0. The molecule has 0 bridgehead atoms. The largest absolute Gasteiger partial charge is 0.456 e. The second-order valence-corrected chi connectivity index (χ2v) is 35.1. The molecule has 0 N–H and O–H groups in total. The molecule has 0 aliphatic carbocycles. The minimum absolute atomic E-state index is 0.865. The topological polar surface area (TPSA) is 75.4 Å². The van der Waals surface area contributed by atoms with Crippen molar-refractivity contribution in [2.24, 2.45) is 0 Å². The second-order valence-electron chi connectivity index (χ2n) is 34.0. The van der Waals surface area contributed by atoms with E-state index < -0.39 is 0 Å². The third-order valence-electron chi connectivity index (χ3n) is 26.0. The number of hydrogen-bond donors (Lipinski definition) is 0. The van der Waals surface area contributed by atoms with Gasteiger partial charge < -0.3 is 36.8 Å². The Morgan fingerprint density at radius 3 is 0.793 bits per heavy atom. The number of anilines is 9. The Bertz CT molecular complexity index is 8610. The standard InChI is InChI=1S/2C42H27NO2.C42H27NOS/c1-3-12-30(13-4-1)43(31-14-5-2-6-15-31)32-24-22-28(23-25-32)29-26-37-34-17-8-10-21-40(34)45-42(37)38(27-29)36-19-11-18-35-33-16-7-9-20-39(33)44-41(35)36;1-3-11-31(12-4-1)43(32-13-5-2-6-14-32)33-22-19-28(20-23-33)30-26-36(42-38(27-30)35-16-8-10-18-40(35)45-42)29-21-24-41-37(25-29)34-15-7-9-17-39(34)44-41;1-3-12-30(13-4-1)43(31-14-5-2-6-15-31)32-24-22-28(23-25-32)29-26-37-33-16-7-9-20-39(33)44-41(37)38(27-29)36-19-11-18-35-34-17-8-10-21-40(34)45-42(35)36/h3*1-27H. The maximum atomic E-state index is 6.60. The predicted octanol–water partition coefficient (Wildman–Crippen LogP) is 37.3. The molecule has 21 aromatic carbocycles. The Kier molecular flexibility index (Phi) is 20.0. The number of hydrogen-bond acceptors (Lipinski definition) is 9. The molecule has 0 amide bonds. The molecule has 27 aromatic rings. The Labute approximate surface area is 781 Å². The summed E-state index contributed by atoms with van der Waals surface area (Å²) in [6.07, 6.45) is 0. The van der Waals surface area contributed by atoms with Gasteiger partial charge in [-0.3, -0.25) is 0 Å². The molecular formula is C126H81N3O5S. The zero-order chi connectivity index (χ0) is 89.2. The minimum atomic E-state index is 0.865. The van der Waals surface area contributed by atoms with Crippen molar-refractivity contribution in [2.75, 3.05) is 14.7 Å². The lowest BCUT2D eigenvalue weighted by molar-refractivity contribution is 0.665. The summed E-state index contributed by atoms with van der Waals surface area (Å²) in [6.45, 7) is 0. The van der Waals surface area contributed by atoms with E-state index in [1.54, 1.807) is 0 Å². The summed E-state index contributed by atoms with van der Waals surface area (Å²) < 4.78 is 34.9. The van der Waals surface area contributed by atoms with Gasteiger partial charge in [-0.15, -0.1) is 11.3 Å². The van der Waals surface area contributed by atoms with Gasteiger partial charge in [-0.25, -0.2) is 0 Å². The molecule has 0 unspecified atom stereocenters. The van der Waals surface area contributed by atoms with Gasteiger partial charge >= 0.3 is 0 Å². The Morgan fingerprint density at radius 1 is 0.141 bits per heavy atom. The predicted molar refractivity (Wildman–Crippen MR) is 565 cm³/mol. The van der Waals surface area contributed by atoms with Crippen LogP contribution >= 0.6 is 11.3 Å². The molecule has 135 heavy (non-hydrogen) atoms. The van der Waals surface area contributed by atoms with Gasteiger partial charge in [-0.05, 0) is 233 Å². The average molecular weight is 1750 g/mol. The van der Waals surface area contributed by atoms with Gasteiger partial charge in [-0.1, -0.05) is 297 Å². The monoisotopic (exact) mass is 1750 g/mol. The van der Waals surface area contributed by atoms with Crippen molar-refractivity contribution in [1.82, 2.24) is 0 Å². The number of fused-ring (bicyclic) bond motifs is 18. The van der Waals surface area contributed by atoms with Crippen molar-refractivity contribution in [3.8, 4) is 66.8 Å². The van der Waals surface area contributed by atoms with Crippen molar-refractivity contribution in [3.05, 3.63) is 491 Å². The maximum Gasteiger partial charge on any atom is 0.143 e. The highest BCUT2D eigenvalue weighted by molar-refractivity contribution is 7.26. The summed E-state index contributed by atoms with van der Waals surface area (Å²) >= 11 is 1.85. The van der Waals surface area contributed by atoms with E-state index in [0.29, 0.717) is 0 Å². The SMILES string of the molecule is c1ccc(N(c2ccccc2)c2ccc(-c3cc(-c4ccc5oc6ccccc6c5c4)c4oc5ccccc5c4c3)cc2)cc1.c1ccc(N(c2ccccc2)c2ccc(-c3cc(-c4cccc5c4oc4ccccc45)c4oc5ccccc5c4c3)cc2)cc1.c1ccc(N(c2ccccc2)c2ccc(-c3cc(-c4cccc5c4sc4ccccc45)c4oc5ccccc5c4c3)cc2)cc1. The van der Waals surface area contributed by atoms with Crippen molar-refractivity contribution in [3.63, 3.8) is 0 Å². The van der Waals surface area contributed by atoms with Crippen molar-refractivity contribution in [1.29, 1.82) is 0 Å². The van der Waals surface area contributed by atoms with E-state index >= 15 is 0 Å². The summed E-state index contributed by atoms with van der Waals surface area (Å²) in [5.41, 5.74) is 32.3. The van der Waals surface area contributed by atoms with E-state index in [1.165, 1.54) is 31.3 Å². The van der Waals surface area contributed by atoms with Gasteiger partial charge in [0.15, 0.2) is 0 Å². The average Bonchev–Trinajstić information content (AvgIpc) is 1.71. The Balaban J connectivity index is 0.000000108. The van der Waals surface area contributed by atoms with Crippen molar-refractivity contribution < 1.29 is 22.1 Å². The van der Waals surface area contributed by atoms with Crippen LogP contribution in [0.15, 0.2) is 513 Å². The zero-order valence-electron chi connectivity index (χ0n) is 73.1. The molecule has 636 valence electrons. The van der Waals surface area contributed by atoms with Crippen LogP contribution in [0.1, 0.15) is 0 Å². The Hall–Kier alpha value is -17.8. The first kappa shape index (κ1) is 79.4. The third-order valence-corrected chi connectivity index (χ3v) is 27.2. The van der Waals surface area contributed by atoms with E-state index in [-0.39, 0.29) is 0 Å². The van der Waals surface area contributed by atoms with Crippen molar-refractivity contribution in [2.45, 2.75) is 0 Å². The molecular weight excluding hydrogens is 1670 g/mol. The number of nitrogens with zero attached hydrogens (tertiary/aromatic N) is 3. The molecule has 9 heteroatoms. The molecule has 27 rings (SSSR count). The molecule has 0 fully saturated rings. The van der Waals surface area contributed by atoms with Gasteiger partial charge in [0.05, 0.1) is 0 Å². The van der Waals surface area contributed by atoms with Crippen LogP contribution in [0, 0.1) is 0 Å². The van der Waals surface area contributed by atoms with Crippen LogP contribution in [0.4, 0.5) is 51.2 Å². The molecule has 0 aliphatic heterocycles. The molecule has 0 atom stereocenters. The zero-order valence-corrected chi connectivity index (χ0v) is 73.9.